The Hall–Kier alpha value is -2.05. The maximum atomic E-state index is 6.32. The standard InChI is InChI=1S/C22H29NOSi2/c1-25(2,3)20-17-24-22(21(20)26(4,5)6)23(18-13-9-7-10-14-18)19-15-11-8-12-16-19/h7-17H,1-6H3. The van der Waals surface area contributed by atoms with Crippen molar-refractivity contribution in [2.45, 2.75) is 39.3 Å². The third kappa shape index (κ3) is 3.71. The van der Waals surface area contributed by atoms with Crippen LogP contribution in [0.3, 0.4) is 0 Å². The fourth-order valence-corrected chi connectivity index (χ4v) is 8.53. The van der Waals surface area contributed by atoms with Gasteiger partial charge in [0.1, 0.15) is 0 Å². The SMILES string of the molecule is C[Si](C)(C)c1coc(N(c2ccccc2)c2ccccc2)c1[Si](C)(C)C. The largest absolute Gasteiger partial charge is 0.448 e. The van der Waals surface area contributed by atoms with E-state index in [4.69, 9.17) is 4.42 Å². The first-order valence-electron chi connectivity index (χ1n) is 9.22. The van der Waals surface area contributed by atoms with Crippen molar-refractivity contribution in [2.75, 3.05) is 4.90 Å². The molecule has 0 spiro atoms. The van der Waals surface area contributed by atoms with E-state index in [0.29, 0.717) is 0 Å². The molecule has 26 heavy (non-hydrogen) atoms. The van der Waals surface area contributed by atoms with Gasteiger partial charge in [0.2, 0.25) is 5.88 Å². The Bertz CT molecular complexity index is 819. The lowest BCUT2D eigenvalue weighted by atomic mass is 10.2. The third-order valence-electron chi connectivity index (χ3n) is 4.56. The molecule has 1 heterocycles. The molecule has 0 N–H and O–H groups in total. The third-order valence-corrected chi connectivity index (χ3v) is 8.78. The molecule has 0 unspecified atom stereocenters. The topological polar surface area (TPSA) is 16.4 Å². The second-order valence-corrected chi connectivity index (χ2v) is 18.9. The van der Waals surface area contributed by atoms with Crippen LogP contribution >= 0.6 is 0 Å². The fourth-order valence-electron chi connectivity index (χ4n) is 3.33. The predicted molar refractivity (Wildman–Crippen MR) is 119 cm³/mol. The van der Waals surface area contributed by atoms with Crippen molar-refractivity contribution in [2.24, 2.45) is 0 Å². The van der Waals surface area contributed by atoms with Gasteiger partial charge in [0, 0.05) is 16.6 Å². The van der Waals surface area contributed by atoms with E-state index in [9.17, 15) is 0 Å². The highest BCUT2D eigenvalue weighted by Crippen LogP contribution is 2.34. The zero-order chi connectivity index (χ0) is 18.9. The van der Waals surface area contributed by atoms with E-state index in [0.717, 1.165) is 17.3 Å². The van der Waals surface area contributed by atoms with Crippen LogP contribution in [0, 0.1) is 0 Å². The van der Waals surface area contributed by atoms with E-state index in [1.807, 2.05) is 6.26 Å². The minimum atomic E-state index is -1.61. The first kappa shape index (κ1) is 18.7. The van der Waals surface area contributed by atoms with Crippen LogP contribution in [0.5, 0.6) is 0 Å². The maximum Gasteiger partial charge on any atom is 0.203 e. The Morgan fingerprint density at radius 3 is 1.50 bits per heavy atom. The van der Waals surface area contributed by atoms with Gasteiger partial charge in [-0.05, 0) is 29.5 Å². The molecular formula is C22H29NOSi2. The molecule has 0 radical (unpaired) electrons. The van der Waals surface area contributed by atoms with Gasteiger partial charge in [-0.2, -0.15) is 0 Å². The number of hydrogen-bond donors (Lipinski definition) is 0. The van der Waals surface area contributed by atoms with Gasteiger partial charge in [-0.3, -0.25) is 4.90 Å². The van der Waals surface area contributed by atoms with E-state index < -0.39 is 16.1 Å². The van der Waals surface area contributed by atoms with Crippen LogP contribution in [0.15, 0.2) is 71.3 Å². The average molecular weight is 380 g/mol. The molecule has 1 aromatic heterocycles. The Morgan fingerprint density at radius 2 is 1.12 bits per heavy atom. The summed E-state index contributed by atoms with van der Waals surface area (Å²) in [6, 6.07) is 21.1. The Kier molecular flexibility index (Phi) is 4.99. The summed E-state index contributed by atoms with van der Waals surface area (Å²) in [6.45, 7) is 14.5. The number of benzene rings is 2. The number of rotatable bonds is 5. The smallest absolute Gasteiger partial charge is 0.203 e. The van der Waals surface area contributed by atoms with Crippen LogP contribution in [0.25, 0.3) is 0 Å². The first-order chi connectivity index (χ1) is 12.2. The summed E-state index contributed by atoms with van der Waals surface area (Å²) in [5, 5.41) is 2.92. The minimum Gasteiger partial charge on any atom is -0.448 e. The van der Waals surface area contributed by atoms with Crippen molar-refractivity contribution < 1.29 is 4.42 Å². The van der Waals surface area contributed by atoms with Crippen molar-refractivity contribution in [1.82, 2.24) is 0 Å². The minimum absolute atomic E-state index is 0.999. The molecule has 2 nitrogen and oxygen atoms in total. The predicted octanol–water partition coefficient (Wildman–Crippen LogP) is 5.84. The normalized spacial score (nSPS) is 12.2. The molecule has 0 saturated heterocycles. The van der Waals surface area contributed by atoms with E-state index in [2.05, 4.69) is 105 Å². The summed E-state index contributed by atoms with van der Waals surface area (Å²) in [5.41, 5.74) is 2.27. The molecule has 0 aliphatic rings. The highest BCUT2D eigenvalue weighted by Gasteiger charge is 2.35. The van der Waals surface area contributed by atoms with Crippen LogP contribution in [-0.2, 0) is 0 Å². The number of nitrogens with zero attached hydrogens (tertiary/aromatic N) is 1. The van der Waals surface area contributed by atoms with Crippen molar-refractivity contribution in [1.29, 1.82) is 0 Å². The molecule has 4 heteroatoms. The van der Waals surface area contributed by atoms with Crippen LogP contribution in [0.4, 0.5) is 17.3 Å². The quantitative estimate of drug-likeness (QED) is 0.518. The molecule has 0 amide bonds. The van der Waals surface area contributed by atoms with Gasteiger partial charge in [-0.1, -0.05) is 75.7 Å². The molecule has 3 aromatic rings. The molecule has 0 fully saturated rings. The lowest BCUT2D eigenvalue weighted by Crippen LogP contribution is -2.55. The van der Waals surface area contributed by atoms with E-state index in [1.165, 1.54) is 10.4 Å². The summed E-state index contributed by atoms with van der Waals surface area (Å²) in [7, 11) is -3.11. The van der Waals surface area contributed by atoms with Crippen LogP contribution in [0.1, 0.15) is 0 Å². The van der Waals surface area contributed by atoms with Crippen molar-refractivity contribution >= 4 is 43.8 Å². The fraction of sp³-hybridized carbons (Fsp3) is 0.273. The van der Waals surface area contributed by atoms with E-state index in [1.54, 1.807) is 0 Å². The first-order valence-corrected chi connectivity index (χ1v) is 16.2. The monoisotopic (exact) mass is 379 g/mol. The molecule has 3 rings (SSSR count). The second kappa shape index (κ2) is 6.93. The molecule has 0 bridgehead atoms. The maximum absolute atomic E-state index is 6.32. The number of hydrogen-bond acceptors (Lipinski definition) is 2. The number of anilines is 3. The van der Waals surface area contributed by atoms with Crippen molar-refractivity contribution in [3.05, 3.63) is 66.9 Å². The number of para-hydroxylation sites is 2. The summed E-state index contributed by atoms with van der Waals surface area (Å²) < 4.78 is 6.32. The zero-order valence-electron chi connectivity index (χ0n) is 16.7. The summed E-state index contributed by atoms with van der Waals surface area (Å²) in [6.07, 6.45) is 2.04. The van der Waals surface area contributed by atoms with Gasteiger partial charge < -0.3 is 4.42 Å². The Morgan fingerprint density at radius 1 is 0.654 bits per heavy atom. The lowest BCUT2D eigenvalue weighted by Gasteiger charge is -2.29. The van der Waals surface area contributed by atoms with Gasteiger partial charge >= 0.3 is 0 Å². The Balaban J connectivity index is 2.28. The second-order valence-electron chi connectivity index (χ2n) is 8.84. The summed E-state index contributed by atoms with van der Waals surface area (Å²) >= 11 is 0. The van der Waals surface area contributed by atoms with Gasteiger partial charge in [0.05, 0.1) is 22.4 Å². The average Bonchev–Trinajstić information content (AvgIpc) is 3.02. The van der Waals surface area contributed by atoms with E-state index in [-0.39, 0.29) is 0 Å². The number of furan rings is 1. The Labute approximate surface area is 159 Å². The van der Waals surface area contributed by atoms with Crippen molar-refractivity contribution in [3.8, 4) is 0 Å². The molecule has 0 atom stereocenters. The van der Waals surface area contributed by atoms with Crippen molar-refractivity contribution in [3.63, 3.8) is 0 Å². The summed E-state index contributed by atoms with van der Waals surface area (Å²) in [4.78, 5) is 2.28. The van der Waals surface area contributed by atoms with Gasteiger partial charge in [0.25, 0.3) is 0 Å². The molecule has 2 aromatic carbocycles. The van der Waals surface area contributed by atoms with E-state index >= 15 is 0 Å². The highest BCUT2D eigenvalue weighted by molar-refractivity contribution is 6.99. The van der Waals surface area contributed by atoms with Gasteiger partial charge in [-0.15, -0.1) is 0 Å². The highest BCUT2D eigenvalue weighted by atomic mass is 28.3. The van der Waals surface area contributed by atoms with Crippen LogP contribution < -0.4 is 15.3 Å². The lowest BCUT2D eigenvalue weighted by molar-refractivity contribution is 0.577. The molecule has 0 saturated carbocycles. The van der Waals surface area contributed by atoms with Crippen LogP contribution in [-0.4, -0.2) is 16.1 Å². The van der Waals surface area contributed by atoms with Gasteiger partial charge in [-0.25, -0.2) is 0 Å². The molecule has 0 aliphatic carbocycles. The molecule has 0 aliphatic heterocycles. The molecular weight excluding hydrogens is 350 g/mol. The molecule has 136 valence electrons. The summed E-state index contributed by atoms with van der Waals surface area (Å²) in [5.74, 6) is 0.999. The van der Waals surface area contributed by atoms with Gasteiger partial charge in [0.15, 0.2) is 0 Å². The zero-order valence-corrected chi connectivity index (χ0v) is 18.7. The van der Waals surface area contributed by atoms with Crippen LogP contribution in [0.2, 0.25) is 39.3 Å².